The first-order chi connectivity index (χ1) is 13.0. The van der Waals surface area contributed by atoms with E-state index in [1.807, 2.05) is 6.07 Å². The zero-order chi connectivity index (χ0) is 19.3. The summed E-state index contributed by atoms with van der Waals surface area (Å²) < 4.78 is 18.9. The first-order valence-electron chi connectivity index (χ1n) is 8.77. The van der Waals surface area contributed by atoms with Crippen LogP contribution in [0.2, 0.25) is 0 Å². The van der Waals surface area contributed by atoms with Crippen LogP contribution in [0.5, 0.6) is 0 Å². The molecular weight excluding hydrogens is 347 g/mol. The van der Waals surface area contributed by atoms with E-state index < -0.39 is 29.7 Å². The summed E-state index contributed by atoms with van der Waals surface area (Å²) in [5, 5.41) is 11.5. The summed E-state index contributed by atoms with van der Waals surface area (Å²) >= 11 is 0. The Morgan fingerprint density at radius 3 is 2.59 bits per heavy atom. The maximum absolute atomic E-state index is 13.6. The number of hydrogen-bond donors (Lipinski definition) is 1. The SMILES string of the molecule is N#Cc1cccc(NC(=O)COC(=O)C2(c3cccc(F)c3)CCCC2)c1. The van der Waals surface area contributed by atoms with Crippen molar-refractivity contribution in [2.24, 2.45) is 0 Å². The number of carbonyl (C=O) groups excluding carboxylic acids is 2. The van der Waals surface area contributed by atoms with Crippen molar-refractivity contribution in [2.75, 3.05) is 11.9 Å². The molecule has 2 aromatic carbocycles. The number of amides is 1. The van der Waals surface area contributed by atoms with Crippen LogP contribution < -0.4 is 5.32 Å². The van der Waals surface area contributed by atoms with Crippen LogP contribution in [0.1, 0.15) is 36.8 Å². The number of carbonyl (C=O) groups is 2. The predicted molar refractivity (Wildman–Crippen MR) is 97.3 cm³/mol. The lowest BCUT2D eigenvalue weighted by Gasteiger charge is -2.27. The summed E-state index contributed by atoms with van der Waals surface area (Å²) in [5.41, 5.74) is 0.562. The van der Waals surface area contributed by atoms with Crippen molar-refractivity contribution in [1.82, 2.24) is 0 Å². The summed E-state index contributed by atoms with van der Waals surface area (Å²) in [5.74, 6) is -1.40. The highest BCUT2D eigenvalue weighted by Gasteiger charge is 2.44. The molecule has 0 aromatic heterocycles. The van der Waals surface area contributed by atoms with Crippen molar-refractivity contribution >= 4 is 17.6 Å². The second kappa shape index (κ2) is 8.00. The van der Waals surface area contributed by atoms with Crippen molar-refractivity contribution in [1.29, 1.82) is 5.26 Å². The molecule has 0 unspecified atom stereocenters. The summed E-state index contributed by atoms with van der Waals surface area (Å²) in [6, 6.07) is 14.4. The van der Waals surface area contributed by atoms with Gasteiger partial charge in [-0.2, -0.15) is 5.26 Å². The third kappa shape index (κ3) is 4.14. The van der Waals surface area contributed by atoms with Crippen molar-refractivity contribution in [3.63, 3.8) is 0 Å². The van der Waals surface area contributed by atoms with Gasteiger partial charge in [-0.1, -0.05) is 31.0 Å². The van der Waals surface area contributed by atoms with Crippen LogP contribution in [0.4, 0.5) is 10.1 Å². The molecule has 1 amide bonds. The van der Waals surface area contributed by atoms with Crippen molar-refractivity contribution in [3.05, 3.63) is 65.5 Å². The van der Waals surface area contributed by atoms with Gasteiger partial charge < -0.3 is 10.1 Å². The largest absolute Gasteiger partial charge is 0.455 e. The number of anilines is 1. The molecule has 1 N–H and O–H groups in total. The minimum Gasteiger partial charge on any atom is -0.455 e. The van der Waals surface area contributed by atoms with Gasteiger partial charge in [-0.3, -0.25) is 9.59 Å². The van der Waals surface area contributed by atoms with E-state index in [2.05, 4.69) is 5.32 Å². The number of nitrogens with zero attached hydrogens (tertiary/aromatic N) is 1. The number of nitrogens with one attached hydrogen (secondary N) is 1. The average Bonchev–Trinajstić information content (AvgIpc) is 3.17. The highest BCUT2D eigenvalue weighted by molar-refractivity contribution is 5.94. The van der Waals surface area contributed by atoms with E-state index in [0.29, 0.717) is 29.7 Å². The third-order valence-electron chi connectivity index (χ3n) is 4.83. The van der Waals surface area contributed by atoms with Gasteiger partial charge in [0.2, 0.25) is 0 Å². The van der Waals surface area contributed by atoms with E-state index in [0.717, 1.165) is 12.8 Å². The second-order valence-electron chi connectivity index (χ2n) is 6.62. The molecule has 6 heteroatoms. The van der Waals surface area contributed by atoms with Crippen LogP contribution in [0.15, 0.2) is 48.5 Å². The number of esters is 1. The number of nitriles is 1. The summed E-state index contributed by atoms with van der Waals surface area (Å²) in [6.07, 6.45) is 2.83. The van der Waals surface area contributed by atoms with Crippen LogP contribution in [-0.2, 0) is 19.7 Å². The number of rotatable bonds is 5. The zero-order valence-electron chi connectivity index (χ0n) is 14.7. The number of hydrogen-bond acceptors (Lipinski definition) is 4. The predicted octanol–water partition coefficient (Wildman–Crippen LogP) is 3.69. The van der Waals surface area contributed by atoms with Gasteiger partial charge in [-0.25, -0.2) is 4.39 Å². The molecule has 0 saturated heterocycles. The minimum absolute atomic E-state index is 0.401. The van der Waals surface area contributed by atoms with E-state index in [9.17, 15) is 14.0 Å². The van der Waals surface area contributed by atoms with E-state index >= 15 is 0 Å². The number of ether oxygens (including phenoxy) is 1. The molecule has 3 rings (SSSR count). The van der Waals surface area contributed by atoms with E-state index in [4.69, 9.17) is 10.00 Å². The molecule has 5 nitrogen and oxygen atoms in total. The lowest BCUT2D eigenvalue weighted by atomic mass is 9.79. The Morgan fingerprint density at radius 2 is 1.89 bits per heavy atom. The lowest BCUT2D eigenvalue weighted by Crippen LogP contribution is -2.36. The van der Waals surface area contributed by atoms with E-state index in [1.165, 1.54) is 18.2 Å². The van der Waals surface area contributed by atoms with Gasteiger partial charge in [0.25, 0.3) is 5.91 Å². The molecule has 0 atom stereocenters. The van der Waals surface area contributed by atoms with Crippen LogP contribution in [0.3, 0.4) is 0 Å². The maximum Gasteiger partial charge on any atom is 0.317 e. The van der Waals surface area contributed by atoms with Crippen LogP contribution >= 0.6 is 0 Å². The van der Waals surface area contributed by atoms with Crippen LogP contribution in [-0.4, -0.2) is 18.5 Å². The third-order valence-corrected chi connectivity index (χ3v) is 4.83. The fraction of sp³-hybridized carbons (Fsp3) is 0.286. The molecule has 0 radical (unpaired) electrons. The van der Waals surface area contributed by atoms with Crippen LogP contribution in [0.25, 0.3) is 0 Å². The lowest BCUT2D eigenvalue weighted by molar-refractivity contribution is -0.153. The Kier molecular flexibility index (Phi) is 5.51. The van der Waals surface area contributed by atoms with Gasteiger partial charge >= 0.3 is 5.97 Å². The molecule has 0 bridgehead atoms. The standard InChI is InChI=1S/C21H19FN2O3/c22-17-7-4-6-16(12-17)21(9-1-2-10-21)20(26)27-14-19(25)24-18-8-3-5-15(11-18)13-23/h3-8,11-12H,1-2,9-10,14H2,(H,24,25). The fourth-order valence-electron chi connectivity index (χ4n) is 3.51. The molecule has 2 aromatic rings. The van der Waals surface area contributed by atoms with E-state index in [-0.39, 0.29) is 0 Å². The molecule has 138 valence electrons. The topological polar surface area (TPSA) is 79.2 Å². The Balaban J connectivity index is 1.66. The second-order valence-corrected chi connectivity index (χ2v) is 6.62. The van der Waals surface area contributed by atoms with Crippen molar-refractivity contribution in [3.8, 4) is 6.07 Å². The van der Waals surface area contributed by atoms with Crippen molar-refractivity contribution in [2.45, 2.75) is 31.1 Å². The Morgan fingerprint density at radius 1 is 1.15 bits per heavy atom. The first-order valence-corrected chi connectivity index (χ1v) is 8.77. The normalized spacial score (nSPS) is 15.0. The highest BCUT2D eigenvalue weighted by atomic mass is 19.1. The quantitative estimate of drug-likeness (QED) is 0.819. The molecular formula is C21H19FN2O3. The average molecular weight is 366 g/mol. The fourth-order valence-corrected chi connectivity index (χ4v) is 3.51. The monoisotopic (exact) mass is 366 g/mol. The van der Waals surface area contributed by atoms with Gasteiger partial charge in [-0.05, 0) is 48.7 Å². The molecule has 1 saturated carbocycles. The Hall–Kier alpha value is -3.20. The Labute approximate surface area is 156 Å². The summed E-state index contributed by atoms with van der Waals surface area (Å²) in [4.78, 5) is 24.9. The molecule has 27 heavy (non-hydrogen) atoms. The Bertz CT molecular complexity index is 898. The van der Waals surface area contributed by atoms with Crippen LogP contribution in [0, 0.1) is 17.1 Å². The summed E-state index contributed by atoms with van der Waals surface area (Å²) in [6.45, 7) is -0.438. The van der Waals surface area contributed by atoms with E-state index in [1.54, 1.807) is 30.3 Å². The van der Waals surface area contributed by atoms with Crippen molar-refractivity contribution < 1.29 is 18.7 Å². The van der Waals surface area contributed by atoms with Gasteiger partial charge in [0.15, 0.2) is 6.61 Å². The molecule has 0 heterocycles. The summed E-state index contributed by atoms with van der Waals surface area (Å²) in [7, 11) is 0. The van der Waals surface area contributed by atoms with Gasteiger partial charge in [0.1, 0.15) is 5.82 Å². The number of benzene rings is 2. The first kappa shape index (κ1) is 18.6. The zero-order valence-corrected chi connectivity index (χ0v) is 14.7. The number of halogens is 1. The van der Waals surface area contributed by atoms with Gasteiger partial charge in [-0.15, -0.1) is 0 Å². The van der Waals surface area contributed by atoms with Gasteiger partial charge in [0, 0.05) is 5.69 Å². The molecule has 1 fully saturated rings. The highest BCUT2D eigenvalue weighted by Crippen LogP contribution is 2.42. The smallest absolute Gasteiger partial charge is 0.317 e. The minimum atomic E-state index is -0.900. The maximum atomic E-state index is 13.6. The molecule has 0 aliphatic heterocycles. The molecule has 1 aliphatic carbocycles. The molecule has 0 spiro atoms. The van der Waals surface area contributed by atoms with Gasteiger partial charge in [0.05, 0.1) is 17.0 Å². The molecule has 1 aliphatic rings.